The number of aliphatic carboxylic acids is 1. The predicted octanol–water partition coefficient (Wildman–Crippen LogP) is 2.43. The molecule has 0 aliphatic heterocycles. The summed E-state index contributed by atoms with van der Waals surface area (Å²) in [5.41, 5.74) is 1.91. The summed E-state index contributed by atoms with van der Waals surface area (Å²) in [7, 11) is 0. The summed E-state index contributed by atoms with van der Waals surface area (Å²) in [4.78, 5) is 23.1. The van der Waals surface area contributed by atoms with Gasteiger partial charge in [0, 0.05) is 17.3 Å². The van der Waals surface area contributed by atoms with Crippen LogP contribution in [0.1, 0.15) is 28.9 Å². The molecule has 1 amide bonds. The number of carboxylic acid groups (broad SMARTS) is 1. The van der Waals surface area contributed by atoms with Crippen molar-refractivity contribution in [1.29, 1.82) is 0 Å². The van der Waals surface area contributed by atoms with Gasteiger partial charge in [-0.05, 0) is 44.0 Å². The van der Waals surface area contributed by atoms with Gasteiger partial charge in [0.1, 0.15) is 0 Å². The molecule has 7 heteroatoms. The normalized spacial score (nSPS) is 19.9. The van der Waals surface area contributed by atoms with Gasteiger partial charge in [-0.2, -0.15) is 5.10 Å². The van der Waals surface area contributed by atoms with E-state index in [-0.39, 0.29) is 17.9 Å². The van der Waals surface area contributed by atoms with Crippen LogP contribution in [0.5, 0.6) is 0 Å². The number of benzene rings is 1. The first kappa shape index (κ1) is 15.6. The number of aromatic nitrogens is 2. The Morgan fingerprint density at radius 1 is 1.30 bits per heavy atom. The molecule has 1 aromatic carbocycles. The highest BCUT2D eigenvalue weighted by atomic mass is 35.5. The van der Waals surface area contributed by atoms with Crippen LogP contribution in [0.25, 0.3) is 5.69 Å². The third-order valence-electron chi connectivity index (χ3n) is 4.06. The first-order valence-corrected chi connectivity index (χ1v) is 7.67. The van der Waals surface area contributed by atoms with E-state index in [1.165, 1.54) is 0 Å². The monoisotopic (exact) mass is 333 g/mol. The van der Waals surface area contributed by atoms with Gasteiger partial charge < -0.3 is 10.4 Å². The number of carbonyl (C=O) groups is 2. The molecule has 1 aliphatic carbocycles. The van der Waals surface area contributed by atoms with Gasteiger partial charge in [0.15, 0.2) is 0 Å². The zero-order valence-corrected chi connectivity index (χ0v) is 13.2. The van der Waals surface area contributed by atoms with Crippen molar-refractivity contribution in [2.45, 2.75) is 25.8 Å². The van der Waals surface area contributed by atoms with Gasteiger partial charge in [-0.1, -0.05) is 11.6 Å². The molecule has 1 heterocycles. The van der Waals surface area contributed by atoms with E-state index < -0.39 is 5.97 Å². The number of rotatable bonds is 4. The third kappa shape index (κ3) is 3.22. The van der Waals surface area contributed by atoms with E-state index in [0.717, 1.165) is 5.69 Å². The molecule has 0 saturated heterocycles. The molecule has 1 aliphatic rings. The molecule has 0 spiro atoms. The molecule has 2 N–H and O–H groups in total. The number of nitrogens with zero attached hydrogens (tertiary/aromatic N) is 2. The van der Waals surface area contributed by atoms with Gasteiger partial charge in [-0.25, -0.2) is 4.68 Å². The first-order valence-electron chi connectivity index (χ1n) is 7.30. The maximum absolute atomic E-state index is 12.3. The van der Waals surface area contributed by atoms with E-state index in [4.69, 9.17) is 16.7 Å². The molecule has 2 aromatic rings. The Bertz CT molecular complexity index is 748. The Morgan fingerprint density at radius 3 is 2.57 bits per heavy atom. The van der Waals surface area contributed by atoms with E-state index >= 15 is 0 Å². The average Bonchev–Trinajstić information content (AvgIpc) is 2.84. The highest BCUT2D eigenvalue weighted by Crippen LogP contribution is 2.27. The number of nitrogens with one attached hydrogen (secondary N) is 1. The van der Waals surface area contributed by atoms with Gasteiger partial charge in [0.25, 0.3) is 5.91 Å². The van der Waals surface area contributed by atoms with Crippen LogP contribution in [0.2, 0.25) is 5.02 Å². The Labute approximate surface area is 138 Å². The molecule has 1 aromatic heterocycles. The van der Waals surface area contributed by atoms with Crippen molar-refractivity contribution < 1.29 is 14.7 Å². The lowest BCUT2D eigenvalue weighted by Crippen LogP contribution is -2.46. The van der Waals surface area contributed by atoms with Crippen LogP contribution in [0.15, 0.2) is 30.5 Å². The minimum absolute atomic E-state index is 0.0816. The highest BCUT2D eigenvalue weighted by Gasteiger charge is 2.35. The van der Waals surface area contributed by atoms with Crippen LogP contribution in [-0.2, 0) is 4.79 Å². The molecular weight excluding hydrogens is 318 g/mol. The number of hydrogen-bond donors (Lipinski definition) is 2. The third-order valence-corrected chi connectivity index (χ3v) is 4.31. The fourth-order valence-electron chi connectivity index (χ4n) is 2.61. The van der Waals surface area contributed by atoms with Crippen molar-refractivity contribution in [3.05, 3.63) is 46.7 Å². The standard InChI is InChI=1S/C16H16ClN3O3/c1-9-14(15(21)18-12-6-10(7-12)16(22)23)8-20(19-9)13-4-2-11(17)3-5-13/h2-5,8,10,12H,6-7H2,1H3,(H,18,21)(H,22,23). The quantitative estimate of drug-likeness (QED) is 0.900. The number of halogens is 1. The topological polar surface area (TPSA) is 84.2 Å². The average molecular weight is 334 g/mol. The van der Waals surface area contributed by atoms with Crippen molar-refractivity contribution in [1.82, 2.24) is 15.1 Å². The molecule has 0 unspecified atom stereocenters. The zero-order chi connectivity index (χ0) is 16.6. The lowest BCUT2D eigenvalue weighted by molar-refractivity contribution is -0.145. The second-order valence-electron chi connectivity index (χ2n) is 5.73. The smallest absolute Gasteiger partial charge is 0.306 e. The fourth-order valence-corrected chi connectivity index (χ4v) is 2.74. The molecule has 23 heavy (non-hydrogen) atoms. The number of amides is 1. The SMILES string of the molecule is Cc1nn(-c2ccc(Cl)cc2)cc1C(=O)NC1CC(C(=O)O)C1. The number of hydrogen-bond acceptors (Lipinski definition) is 3. The molecule has 1 fully saturated rings. The summed E-state index contributed by atoms with van der Waals surface area (Å²) in [6.45, 7) is 1.77. The number of carboxylic acids is 1. The molecule has 3 rings (SSSR count). The van der Waals surface area contributed by atoms with Crippen LogP contribution < -0.4 is 5.32 Å². The lowest BCUT2D eigenvalue weighted by atomic mass is 9.80. The van der Waals surface area contributed by atoms with E-state index in [2.05, 4.69) is 10.4 Å². The van der Waals surface area contributed by atoms with Crippen LogP contribution in [0.3, 0.4) is 0 Å². The Kier molecular flexibility index (Phi) is 4.09. The van der Waals surface area contributed by atoms with Crippen LogP contribution >= 0.6 is 11.6 Å². The van der Waals surface area contributed by atoms with Crippen LogP contribution in [0, 0.1) is 12.8 Å². The van der Waals surface area contributed by atoms with E-state index in [0.29, 0.717) is 29.1 Å². The summed E-state index contributed by atoms with van der Waals surface area (Å²) in [6.07, 6.45) is 2.62. The van der Waals surface area contributed by atoms with Gasteiger partial charge >= 0.3 is 5.97 Å². The molecule has 0 atom stereocenters. The Hall–Kier alpha value is -2.34. The molecule has 120 valence electrons. The molecule has 0 bridgehead atoms. The summed E-state index contributed by atoms with van der Waals surface area (Å²) < 4.78 is 1.63. The second kappa shape index (κ2) is 6.04. The van der Waals surface area contributed by atoms with E-state index in [9.17, 15) is 9.59 Å². The predicted molar refractivity (Wildman–Crippen MR) is 84.9 cm³/mol. The first-order chi connectivity index (χ1) is 10.9. The van der Waals surface area contributed by atoms with Crippen molar-refractivity contribution in [2.75, 3.05) is 0 Å². The van der Waals surface area contributed by atoms with Crippen LogP contribution in [0.4, 0.5) is 0 Å². The van der Waals surface area contributed by atoms with Crippen molar-refractivity contribution >= 4 is 23.5 Å². The minimum atomic E-state index is -0.803. The van der Waals surface area contributed by atoms with Gasteiger partial charge in [-0.15, -0.1) is 0 Å². The zero-order valence-electron chi connectivity index (χ0n) is 12.5. The molecule has 6 nitrogen and oxygen atoms in total. The second-order valence-corrected chi connectivity index (χ2v) is 6.16. The summed E-state index contributed by atoms with van der Waals surface area (Å²) in [5, 5.41) is 16.7. The summed E-state index contributed by atoms with van der Waals surface area (Å²) in [6, 6.07) is 7.07. The van der Waals surface area contributed by atoms with Gasteiger partial charge in [-0.3, -0.25) is 9.59 Å². The maximum atomic E-state index is 12.3. The van der Waals surface area contributed by atoms with Crippen molar-refractivity contribution in [3.63, 3.8) is 0 Å². The highest BCUT2D eigenvalue weighted by molar-refractivity contribution is 6.30. The lowest BCUT2D eigenvalue weighted by Gasteiger charge is -2.32. The summed E-state index contributed by atoms with van der Waals surface area (Å²) in [5.74, 6) is -1.38. The van der Waals surface area contributed by atoms with Gasteiger partial charge in [0.05, 0.1) is 22.9 Å². The molecule has 0 radical (unpaired) electrons. The maximum Gasteiger partial charge on any atom is 0.306 e. The van der Waals surface area contributed by atoms with E-state index in [1.54, 1.807) is 29.9 Å². The number of aryl methyl sites for hydroxylation is 1. The summed E-state index contributed by atoms with van der Waals surface area (Å²) >= 11 is 5.86. The van der Waals surface area contributed by atoms with Crippen molar-refractivity contribution in [2.24, 2.45) is 5.92 Å². The van der Waals surface area contributed by atoms with Crippen LogP contribution in [-0.4, -0.2) is 32.8 Å². The Morgan fingerprint density at radius 2 is 1.96 bits per heavy atom. The largest absolute Gasteiger partial charge is 0.481 e. The molecule has 1 saturated carbocycles. The Balaban J connectivity index is 1.70. The minimum Gasteiger partial charge on any atom is -0.481 e. The number of carbonyl (C=O) groups excluding carboxylic acids is 1. The van der Waals surface area contributed by atoms with E-state index in [1.807, 2.05) is 12.1 Å². The van der Waals surface area contributed by atoms with Crippen molar-refractivity contribution in [3.8, 4) is 5.69 Å². The molecular formula is C16H16ClN3O3. The van der Waals surface area contributed by atoms with Gasteiger partial charge in [0.2, 0.25) is 0 Å². The fraction of sp³-hybridized carbons (Fsp3) is 0.312.